The number of nitrogens with two attached hydrogens (primary N) is 2. The predicted octanol–water partition coefficient (Wildman–Crippen LogP) is 2.17. The number of aryl methyl sites for hydroxylation is 2. The highest BCUT2D eigenvalue weighted by atomic mass is 16.5. The molecule has 19 heavy (non-hydrogen) atoms. The summed E-state index contributed by atoms with van der Waals surface area (Å²) in [7, 11) is 0. The monoisotopic (exact) mass is 257 g/mol. The van der Waals surface area contributed by atoms with Gasteiger partial charge in [-0.1, -0.05) is 0 Å². The standard InChI is InChI=1S/C14H15N3O2/c1-8-7-12(13(14(16)18)9(2)17-8)19-11-5-3-10(15)4-6-11/h3-7H,15H2,1-2H3,(H2,16,18). The molecule has 0 aliphatic rings. The number of pyridine rings is 1. The molecule has 5 heteroatoms. The van der Waals surface area contributed by atoms with Crippen molar-refractivity contribution in [3.63, 3.8) is 0 Å². The highest BCUT2D eigenvalue weighted by Crippen LogP contribution is 2.27. The van der Waals surface area contributed by atoms with E-state index >= 15 is 0 Å². The molecule has 2 aromatic rings. The van der Waals surface area contributed by atoms with Gasteiger partial charge >= 0.3 is 0 Å². The molecular weight excluding hydrogens is 242 g/mol. The van der Waals surface area contributed by atoms with Gasteiger partial charge in [0.25, 0.3) is 5.91 Å². The number of hydrogen-bond acceptors (Lipinski definition) is 4. The zero-order chi connectivity index (χ0) is 14.0. The van der Waals surface area contributed by atoms with Crippen LogP contribution in [0, 0.1) is 13.8 Å². The van der Waals surface area contributed by atoms with Gasteiger partial charge in [0, 0.05) is 17.4 Å². The number of anilines is 1. The van der Waals surface area contributed by atoms with Crippen molar-refractivity contribution in [2.24, 2.45) is 5.73 Å². The van der Waals surface area contributed by atoms with Crippen LogP contribution in [0.4, 0.5) is 5.69 Å². The van der Waals surface area contributed by atoms with E-state index in [2.05, 4.69) is 4.98 Å². The average Bonchev–Trinajstić information content (AvgIpc) is 2.30. The smallest absolute Gasteiger partial charge is 0.254 e. The Hall–Kier alpha value is -2.56. The van der Waals surface area contributed by atoms with E-state index in [0.717, 1.165) is 5.69 Å². The van der Waals surface area contributed by atoms with Gasteiger partial charge in [-0.3, -0.25) is 9.78 Å². The van der Waals surface area contributed by atoms with Crippen molar-refractivity contribution in [2.45, 2.75) is 13.8 Å². The number of nitrogen functional groups attached to an aromatic ring is 1. The average molecular weight is 257 g/mol. The van der Waals surface area contributed by atoms with Gasteiger partial charge in [0.1, 0.15) is 17.1 Å². The Kier molecular flexibility index (Phi) is 3.37. The summed E-state index contributed by atoms with van der Waals surface area (Å²) in [6.07, 6.45) is 0. The highest BCUT2D eigenvalue weighted by Gasteiger charge is 2.15. The lowest BCUT2D eigenvalue weighted by Crippen LogP contribution is -2.15. The SMILES string of the molecule is Cc1cc(Oc2ccc(N)cc2)c(C(N)=O)c(C)n1. The maximum atomic E-state index is 11.5. The van der Waals surface area contributed by atoms with Crippen molar-refractivity contribution >= 4 is 11.6 Å². The Morgan fingerprint density at radius 1 is 1.21 bits per heavy atom. The number of hydrogen-bond donors (Lipinski definition) is 2. The molecule has 0 fully saturated rings. The van der Waals surface area contributed by atoms with Crippen molar-refractivity contribution < 1.29 is 9.53 Å². The van der Waals surface area contributed by atoms with Gasteiger partial charge in [-0.25, -0.2) is 0 Å². The number of ether oxygens (including phenoxy) is 1. The molecule has 0 spiro atoms. The number of carbonyl (C=O) groups excluding carboxylic acids is 1. The van der Waals surface area contributed by atoms with Crippen LogP contribution in [0.25, 0.3) is 0 Å². The van der Waals surface area contributed by atoms with Crippen LogP contribution in [0.15, 0.2) is 30.3 Å². The number of primary amides is 1. The number of carbonyl (C=O) groups is 1. The molecule has 0 aliphatic heterocycles. The first kappa shape index (κ1) is 12.9. The van der Waals surface area contributed by atoms with Gasteiger partial charge in [0.2, 0.25) is 0 Å². The minimum atomic E-state index is -0.560. The maximum absolute atomic E-state index is 11.5. The third-order valence-corrected chi connectivity index (χ3v) is 2.65. The molecule has 1 amide bonds. The molecule has 0 unspecified atom stereocenters. The third kappa shape index (κ3) is 2.82. The zero-order valence-corrected chi connectivity index (χ0v) is 10.8. The van der Waals surface area contributed by atoms with Gasteiger partial charge in [0.15, 0.2) is 0 Å². The Bertz CT molecular complexity index is 621. The molecule has 4 N–H and O–H groups in total. The number of amides is 1. The summed E-state index contributed by atoms with van der Waals surface area (Å²) < 4.78 is 5.69. The summed E-state index contributed by atoms with van der Waals surface area (Å²) in [6.45, 7) is 3.55. The minimum absolute atomic E-state index is 0.294. The molecule has 1 heterocycles. The summed E-state index contributed by atoms with van der Waals surface area (Å²) in [4.78, 5) is 15.7. The van der Waals surface area contributed by atoms with Gasteiger partial charge in [-0.15, -0.1) is 0 Å². The number of nitrogens with zero attached hydrogens (tertiary/aromatic N) is 1. The van der Waals surface area contributed by atoms with Gasteiger partial charge in [-0.2, -0.15) is 0 Å². The normalized spacial score (nSPS) is 10.2. The Morgan fingerprint density at radius 2 is 1.84 bits per heavy atom. The predicted molar refractivity (Wildman–Crippen MR) is 73.2 cm³/mol. The van der Waals surface area contributed by atoms with Crippen LogP contribution >= 0.6 is 0 Å². The van der Waals surface area contributed by atoms with E-state index in [1.807, 2.05) is 6.92 Å². The van der Waals surface area contributed by atoms with E-state index in [1.54, 1.807) is 37.3 Å². The zero-order valence-electron chi connectivity index (χ0n) is 10.8. The van der Waals surface area contributed by atoms with Crippen LogP contribution in [0.2, 0.25) is 0 Å². The molecule has 0 saturated heterocycles. The van der Waals surface area contributed by atoms with Crippen molar-refractivity contribution in [3.05, 3.63) is 47.3 Å². The molecular formula is C14H15N3O2. The molecule has 1 aromatic heterocycles. The number of benzene rings is 1. The second kappa shape index (κ2) is 4.97. The first-order chi connectivity index (χ1) is 8.97. The molecule has 2 rings (SSSR count). The molecule has 0 radical (unpaired) electrons. The van der Waals surface area contributed by atoms with E-state index in [-0.39, 0.29) is 0 Å². The molecule has 0 atom stereocenters. The van der Waals surface area contributed by atoms with E-state index in [4.69, 9.17) is 16.2 Å². The summed E-state index contributed by atoms with van der Waals surface area (Å²) in [6, 6.07) is 8.58. The molecule has 0 saturated carbocycles. The minimum Gasteiger partial charge on any atom is -0.456 e. The van der Waals surface area contributed by atoms with Crippen molar-refractivity contribution in [2.75, 3.05) is 5.73 Å². The van der Waals surface area contributed by atoms with Gasteiger partial charge in [-0.05, 0) is 38.1 Å². The van der Waals surface area contributed by atoms with Crippen molar-refractivity contribution in [1.82, 2.24) is 4.98 Å². The second-order valence-electron chi connectivity index (χ2n) is 4.26. The number of rotatable bonds is 3. The first-order valence-corrected chi connectivity index (χ1v) is 5.79. The van der Waals surface area contributed by atoms with Crippen molar-refractivity contribution in [3.8, 4) is 11.5 Å². The van der Waals surface area contributed by atoms with Crippen LogP contribution in [0.3, 0.4) is 0 Å². The van der Waals surface area contributed by atoms with Crippen LogP contribution < -0.4 is 16.2 Å². The van der Waals surface area contributed by atoms with Gasteiger partial charge < -0.3 is 16.2 Å². The van der Waals surface area contributed by atoms with Crippen LogP contribution in [0.5, 0.6) is 11.5 Å². The lowest BCUT2D eigenvalue weighted by atomic mass is 10.1. The Morgan fingerprint density at radius 3 is 2.42 bits per heavy atom. The van der Waals surface area contributed by atoms with Crippen LogP contribution in [0.1, 0.15) is 21.7 Å². The lowest BCUT2D eigenvalue weighted by molar-refractivity contribution is 0.0997. The number of aromatic nitrogens is 1. The molecule has 0 aliphatic carbocycles. The van der Waals surface area contributed by atoms with Gasteiger partial charge in [0.05, 0.1) is 5.69 Å². The second-order valence-corrected chi connectivity index (χ2v) is 4.26. The molecule has 5 nitrogen and oxygen atoms in total. The van der Waals surface area contributed by atoms with Crippen LogP contribution in [-0.4, -0.2) is 10.9 Å². The lowest BCUT2D eigenvalue weighted by Gasteiger charge is -2.12. The fourth-order valence-corrected chi connectivity index (χ4v) is 1.84. The van der Waals surface area contributed by atoms with E-state index < -0.39 is 5.91 Å². The summed E-state index contributed by atoms with van der Waals surface area (Å²) in [5.74, 6) is 0.430. The quantitative estimate of drug-likeness (QED) is 0.824. The van der Waals surface area contributed by atoms with E-state index in [0.29, 0.717) is 28.4 Å². The van der Waals surface area contributed by atoms with Crippen LogP contribution in [-0.2, 0) is 0 Å². The first-order valence-electron chi connectivity index (χ1n) is 5.79. The largest absolute Gasteiger partial charge is 0.456 e. The Balaban J connectivity index is 2.44. The summed E-state index contributed by atoms with van der Waals surface area (Å²) in [5.41, 5.74) is 13.2. The third-order valence-electron chi connectivity index (χ3n) is 2.65. The molecule has 1 aromatic carbocycles. The molecule has 0 bridgehead atoms. The fourth-order valence-electron chi connectivity index (χ4n) is 1.84. The molecule has 98 valence electrons. The summed E-state index contributed by atoms with van der Waals surface area (Å²) >= 11 is 0. The van der Waals surface area contributed by atoms with E-state index in [1.165, 1.54) is 0 Å². The Labute approximate surface area is 111 Å². The maximum Gasteiger partial charge on any atom is 0.254 e. The fraction of sp³-hybridized carbons (Fsp3) is 0.143. The van der Waals surface area contributed by atoms with Crippen molar-refractivity contribution in [1.29, 1.82) is 0 Å². The van der Waals surface area contributed by atoms with E-state index in [9.17, 15) is 4.79 Å². The topological polar surface area (TPSA) is 91.2 Å². The summed E-state index contributed by atoms with van der Waals surface area (Å²) in [5, 5.41) is 0. The highest BCUT2D eigenvalue weighted by molar-refractivity contribution is 5.96.